The van der Waals surface area contributed by atoms with Gasteiger partial charge in [-0.05, 0) is 5.92 Å². The van der Waals surface area contributed by atoms with Crippen LogP contribution in [-0.4, -0.2) is 5.16 Å². The van der Waals surface area contributed by atoms with Crippen molar-refractivity contribution in [2.24, 2.45) is 0 Å². The average molecular weight is 199 g/mol. The molecule has 0 radical (unpaired) electrons. The van der Waals surface area contributed by atoms with E-state index in [1.54, 1.807) is 0 Å². The van der Waals surface area contributed by atoms with Gasteiger partial charge < -0.3 is 4.52 Å². The van der Waals surface area contributed by atoms with Crippen LogP contribution in [0.1, 0.15) is 72.1 Å². The first-order valence-electron chi connectivity index (χ1n) is 5.07. The predicted molar refractivity (Wildman–Crippen MR) is 62.8 cm³/mol. The second-order valence-corrected chi connectivity index (χ2v) is 3.45. The van der Waals surface area contributed by atoms with Gasteiger partial charge >= 0.3 is 0 Å². The molecule has 0 atom stereocenters. The van der Waals surface area contributed by atoms with E-state index in [4.69, 9.17) is 4.52 Å². The van der Waals surface area contributed by atoms with Crippen molar-refractivity contribution in [3.63, 3.8) is 0 Å². The molecule has 1 aromatic rings. The summed E-state index contributed by atoms with van der Waals surface area (Å²) in [6, 6.07) is 0. The summed E-state index contributed by atoms with van der Waals surface area (Å²) in [5.41, 5.74) is 1.24. The summed E-state index contributed by atoms with van der Waals surface area (Å²) in [7, 11) is 0. The summed E-state index contributed by atoms with van der Waals surface area (Å²) < 4.78 is 5.14. The normalized spacial score (nSPS) is 9.43. The Labute approximate surface area is 88.7 Å². The van der Waals surface area contributed by atoms with Crippen molar-refractivity contribution in [1.29, 1.82) is 0 Å². The number of hydrogen-bond acceptors (Lipinski definition) is 2. The standard InChI is InChI=1S/C9H15NO.C2H6.CH4/c1-6(2)8-5-10-11-9(8)7(3)4;1-2;/h5-7H,1-4H3;1-2H3;1H4. The molecule has 1 rings (SSSR count). The second kappa shape index (κ2) is 7.60. The molecule has 0 aliphatic carbocycles. The molecule has 0 aliphatic heterocycles. The Morgan fingerprint density at radius 3 is 1.86 bits per heavy atom. The van der Waals surface area contributed by atoms with Crippen LogP contribution in [0.3, 0.4) is 0 Å². The Morgan fingerprint density at radius 2 is 1.57 bits per heavy atom. The van der Waals surface area contributed by atoms with Gasteiger partial charge in [-0.25, -0.2) is 0 Å². The van der Waals surface area contributed by atoms with Gasteiger partial charge in [0.2, 0.25) is 0 Å². The SMILES string of the molecule is C.CC.CC(C)c1cnoc1C(C)C. The van der Waals surface area contributed by atoms with E-state index < -0.39 is 0 Å². The third-order valence-electron chi connectivity index (χ3n) is 1.77. The third kappa shape index (κ3) is 3.95. The summed E-state index contributed by atoms with van der Waals surface area (Å²) in [6.07, 6.45) is 1.82. The largest absolute Gasteiger partial charge is 0.361 e. The lowest BCUT2D eigenvalue weighted by Gasteiger charge is -2.05. The van der Waals surface area contributed by atoms with E-state index in [9.17, 15) is 0 Å². The predicted octanol–water partition coefficient (Wildman–Crippen LogP) is 4.58. The first-order chi connectivity index (χ1) is 6.13. The molecule has 2 nitrogen and oxygen atoms in total. The highest BCUT2D eigenvalue weighted by Crippen LogP contribution is 2.24. The minimum atomic E-state index is 0. The molecule has 0 aromatic carbocycles. The van der Waals surface area contributed by atoms with E-state index in [1.807, 2.05) is 20.0 Å². The van der Waals surface area contributed by atoms with E-state index in [1.165, 1.54) is 5.56 Å². The Kier molecular flexibility index (Phi) is 8.51. The first kappa shape index (κ1) is 15.7. The van der Waals surface area contributed by atoms with Crippen LogP contribution < -0.4 is 0 Å². The Balaban J connectivity index is 0. The molecule has 1 heterocycles. The lowest BCUT2D eigenvalue weighted by molar-refractivity contribution is 0.368. The number of nitrogens with zero attached hydrogens (tertiary/aromatic N) is 1. The Morgan fingerprint density at radius 1 is 1.07 bits per heavy atom. The molecule has 0 bridgehead atoms. The summed E-state index contributed by atoms with van der Waals surface area (Å²) in [6.45, 7) is 12.5. The summed E-state index contributed by atoms with van der Waals surface area (Å²) >= 11 is 0. The number of rotatable bonds is 2. The second-order valence-electron chi connectivity index (χ2n) is 3.45. The molecule has 0 N–H and O–H groups in total. The molecule has 0 saturated carbocycles. The molecule has 0 fully saturated rings. The van der Waals surface area contributed by atoms with E-state index >= 15 is 0 Å². The molecule has 0 saturated heterocycles. The molecule has 0 spiro atoms. The molecular weight excluding hydrogens is 174 g/mol. The van der Waals surface area contributed by atoms with E-state index in [2.05, 4.69) is 32.9 Å². The Hall–Kier alpha value is -0.790. The highest BCUT2D eigenvalue weighted by atomic mass is 16.5. The molecule has 2 heteroatoms. The lowest BCUT2D eigenvalue weighted by Crippen LogP contribution is -1.93. The smallest absolute Gasteiger partial charge is 0.142 e. The van der Waals surface area contributed by atoms with Crippen LogP contribution in [0.2, 0.25) is 0 Å². The van der Waals surface area contributed by atoms with Crippen LogP contribution in [0.25, 0.3) is 0 Å². The minimum Gasteiger partial charge on any atom is -0.361 e. The van der Waals surface area contributed by atoms with Gasteiger partial charge in [0.05, 0.1) is 6.20 Å². The summed E-state index contributed by atoms with van der Waals surface area (Å²) in [5, 5.41) is 3.79. The highest BCUT2D eigenvalue weighted by Gasteiger charge is 2.13. The lowest BCUT2D eigenvalue weighted by atomic mass is 9.99. The van der Waals surface area contributed by atoms with Crippen molar-refractivity contribution in [1.82, 2.24) is 5.16 Å². The maximum Gasteiger partial charge on any atom is 0.142 e. The van der Waals surface area contributed by atoms with Crippen molar-refractivity contribution >= 4 is 0 Å². The van der Waals surface area contributed by atoms with E-state index in [0.29, 0.717) is 11.8 Å². The maximum atomic E-state index is 5.14. The van der Waals surface area contributed by atoms with Crippen LogP contribution in [0.5, 0.6) is 0 Å². The Bertz CT molecular complexity index is 203. The van der Waals surface area contributed by atoms with Gasteiger partial charge in [-0.2, -0.15) is 0 Å². The zero-order valence-electron chi connectivity index (χ0n) is 9.59. The molecule has 0 amide bonds. The van der Waals surface area contributed by atoms with Crippen molar-refractivity contribution in [3.8, 4) is 0 Å². The fourth-order valence-electron chi connectivity index (χ4n) is 1.13. The van der Waals surface area contributed by atoms with Crippen LogP contribution in [0.4, 0.5) is 0 Å². The van der Waals surface area contributed by atoms with Crippen LogP contribution >= 0.6 is 0 Å². The fourth-order valence-corrected chi connectivity index (χ4v) is 1.13. The summed E-state index contributed by atoms with van der Waals surface area (Å²) in [5.74, 6) is 1.98. The molecule has 0 unspecified atom stereocenters. The zero-order chi connectivity index (χ0) is 10.4. The molecule has 0 aliphatic rings. The van der Waals surface area contributed by atoms with Crippen molar-refractivity contribution in [3.05, 3.63) is 17.5 Å². The molecule has 14 heavy (non-hydrogen) atoms. The quantitative estimate of drug-likeness (QED) is 0.696. The first-order valence-corrected chi connectivity index (χ1v) is 5.07. The topological polar surface area (TPSA) is 26.0 Å². The van der Waals surface area contributed by atoms with Gasteiger partial charge in [0.1, 0.15) is 5.76 Å². The van der Waals surface area contributed by atoms with Crippen molar-refractivity contribution < 1.29 is 4.52 Å². The van der Waals surface area contributed by atoms with Gasteiger partial charge in [-0.3, -0.25) is 0 Å². The van der Waals surface area contributed by atoms with Crippen molar-refractivity contribution in [2.75, 3.05) is 0 Å². The van der Waals surface area contributed by atoms with Gasteiger partial charge in [0.15, 0.2) is 0 Å². The zero-order valence-corrected chi connectivity index (χ0v) is 9.59. The van der Waals surface area contributed by atoms with E-state index in [0.717, 1.165) is 5.76 Å². The summed E-state index contributed by atoms with van der Waals surface area (Å²) in [4.78, 5) is 0. The molecule has 84 valence electrons. The number of hydrogen-bond donors (Lipinski definition) is 0. The van der Waals surface area contributed by atoms with Crippen LogP contribution in [-0.2, 0) is 0 Å². The van der Waals surface area contributed by atoms with Gasteiger partial charge in [0, 0.05) is 11.5 Å². The fraction of sp³-hybridized carbons (Fsp3) is 0.750. The van der Waals surface area contributed by atoms with Crippen LogP contribution in [0.15, 0.2) is 10.7 Å². The van der Waals surface area contributed by atoms with Crippen molar-refractivity contribution in [2.45, 2.75) is 60.8 Å². The molecule has 1 aromatic heterocycles. The van der Waals surface area contributed by atoms with Gasteiger partial charge in [-0.15, -0.1) is 0 Å². The number of aromatic nitrogens is 1. The average Bonchev–Trinajstić information content (AvgIpc) is 2.55. The van der Waals surface area contributed by atoms with Gasteiger partial charge in [-0.1, -0.05) is 54.1 Å². The minimum absolute atomic E-state index is 0. The third-order valence-corrected chi connectivity index (χ3v) is 1.77. The molecular formula is C12H25NO. The highest BCUT2D eigenvalue weighted by molar-refractivity contribution is 5.19. The van der Waals surface area contributed by atoms with Crippen LogP contribution in [0, 0.1) is 0 Å². The van der Waals surface area contributed by atoms with Gasteiger partial charge in [0.25, 0.3) is 0 Å². The maximum absolute atomic E-state index is 5.14. The van der Waals surface area contributed by atoms with E-state index in [-0.39, 0.29) is 7.43 Å². The monoisotopic (exact) mass is 199 g/mol.